The van der Waals surface area contributed by atoms with E-state index in [1.165, 1.54) is 32.2 Å². The van der Waals surface area contributed by atoms with Crippen molar-refractivity contribution in [3.05, 3.63) is 0 Å². The molecule has 0 aromatic heterocycles. The molecular weight excluding hydrogens is 156 g/mol. The number of nitrogens with one attached hydrogen (secondary N) is 1. The summed E-state index contributed by atoms with van der Waals surface area (Å²) in [6.07, 6.45) is 5.34. The normalized spacial score (nSPS) is 31.1. The Morgan fingerprint density at radius 2 is 2.27 bits per heavy atom. The summed E-state index contributed by atoms with van der Waals surface area (Å²) in [6, 6.07) is 0.762. The summed E-state index contributed by atoms with van der Waals surface area (Å²) >= 11 is 5.22. The van der Waals surface area contributed by atoms with Gasteiger partial charge in [0.15, 0.2) is 5.11 Å². The molecule has 2 aliphatic rings. The topological polar surface area (TPSA) is 15.3 Å². The van der Waals surface area contributed by atoms with Crippen molar-refractivity contribution in [2.45, 2.75) is 31.7 Å². The standard InChI is InChI=1S/C8H14N2S/c11-8-9-5-4-7-3-1-2-6-10(7)8/h7H,1-6H2,(H,9,11). The van der Waals surface area contributed by atoms with Crippen molar-refractivity contribution < 1.29 is 0 Å². The SMILES string of the molecule is S=C1NCCC2CCCCN12. The second-order valence-electron chi connectivity index (χ2n) is 3.36. The predicted molar refractivity (Wildman–Crippen MR) is 49.6 cm³/mol. The van der Waals surface area contributed by atoms with Crippen molar-refractivity contribution >= 4 is 17.3 Å². The highest BCUT2D eigenvalue weighted by molar-refractivity contribution is 7.80. The van der Waals surface area contributed by atoms with Gasteiger partial charge in [0.2, 0.25) is 0 Å². The van der Waals surface area contributed by atoms with E-state index < -0.39 is 0 Å². The first-order valence-electron chi connectivity index (χ1n) is 4.42. The molecule has 0 radical (unpaired) electrons. The molecule has 1 N–H and O–H groups in total. The van der Waals surface area contributed by atoms with Crippen LogP contribution in [0.5, 0.6) is 0 Å². The first-order valence-corrected chi connectivity index (χ1v) is 4.83. The largest absolute Gasteiger partial charge is 0.362 e. The van der Waals surface area contributed by atoms with Crippen molar-refractivity contribution in [1.29, 1.82) is 0 Å². The molecule has 62 valence electrons. The van der Waals surface area contributed by atoms with Crippen LogP contribution < -0.4 is 5.32 Å². The Hall–Kier alpha value is -0.310. The van der Waals surface area contributed by atoms with E-state index in [0.29, 0.717) is 0 Å². The van der Waals surface area contributed by atoms with Crippen LogP contribution in [0.15, 0.2) is 0 Å². The molecule has 2 fully saturated rings. The van der Waals surface area contributed by atoms with Crippen LogP contribution in [0.1, 0.15) is 25.7 Å². The van der Waals surface area contributed by atoms with Crippen LogP contribution in [-0.2, 0) is 0 Å². The molecule has 0 bridgehead atoms. The van der Waals surface area contributed by atoms with Gasteiger partial charge in [-0.3, -0.25) is 0 Å². The average Bonchev–Trinajstić information content (AvgIpc) is 2.06. The van der Waals surface area contributed by atoms with Crippen molar-refractivity contribution in [2.75, 3.05) is 13.1 Å². The van der Waals surface area contributed by atoms with Crippen LogP contribution >= 0.6 is 12.2 Å². The van der Waals surface area contributed by atoms with Gasteiger partial charge < -0.3 is 10.2 Å². The van der Waals surface area contributed by atoms with E-state index in [1.54, 1.807) is 0 Å². The number of rotatable bonds is 0. The molecule has 11 heavy (non-hydrogen) atoms. The maximum atomic E-state index is 5.22. The number of thiocarbonyl (C=S) groups is 1. The summed E-state index contributed by atoms with van der Waals surface area (Å²) in [5.74, 6) is 0. The van der Waals surface area contributed by atoms with E-state index in [0.717, 1.165) is 17.7 Å². The van der Waals surface area contributed by atoms with Gasteiger partial charge in [0, 0.05) is 19.1 Å². The number of hydrogen-bond acceptors (Lipinski definition) is 1. The van der Waals surface area contributed by atoms with Crippen LogP contribution in [0.4, 0.5) is 0 Å². The predicted octanol–water partition coefficient (Wildman–Crippen LogP) is 1.12. The van der Waals surface area contributed by atoms with Gasteiger partial charge in [-0.05, 0) is 37.9 Å². The molecule has 2 rings (SSSR count). The lowest BCUT2D eigenvalue weighted by Gasteiger charge is -2.41. The zero-order valence-corrected chi connectivity index (χ0v) is 7.49. The first-order chi connectivity index (χ1) is 5.38. The van der Waals surface area contributed by atoms with E-state index in [9.17, 15) is 0 Å². The molecule has 3 heteroatoms. The van der Waals surface area contributed by atoms with Gasteiger partial charge in [-0.2, -0.15) is 0 Å². The van der Waals surface area contributed by atoms with Crippen LogP contribution in [0.3, 0.4) is 0 Å². The minimum absolute atomic E-state index is 0.762. The molecule has 2 nitrogen and oxygen atoms in total. The lowest BCUT2D eigenvalue weighted by Crippen LogP contribution is -2.53. The van der Waals surface area contributed by atoms with Gasteiger partial charge in [0.25, 0.3) is 0 Å². The van der Waals surface area contributed by atoms with Gasteiger partial charge in [-0.1, -0.05) is 0 Å². The Balaban J connectivity index is 2.05. The monoisotopic (exact) mass is 170 g/mol. The molecule has 0 amide bonds. The van der Waals surface area contributed by atoms with Crippen LogP contribution in [0, 0.1) is 0 Å². The Morgan fingerprint density at radius 1 is 1.36 bits per heavy atom. The van der Waals surface area contributed by atoms with E-state index >= 15 is 0 Å². The summed E-state index contributed by atoms with van der Waals surface area (Å²) in [5, 5.41) is 4.23. The molecule has 0 aromatic carbocycles. The van der Waals surface area contributed by atoms with E-state index in [-0.39, 0.29) is 0 Å². The Kier molecular flexibility index (Phi) is 1.98. The Labute approximate surface area is 73.0 Å². The summed E-state index contributed by atoms with van der Waals surface area (Å²) in [7, 11) is 0. The summed E-state index contributed by atoms with van der Waals surface area (Å²) in [5.41, 5.74) is 0. The van der Waals surface area contributed by atoms with Gasteiger partial charge in [0.05, 0.1) is 0 Å². The Morgan fingerprint density at radius 3 is 3.09 bits per heavy atom. The van der Waals surface area contributed by atoms with E-state index in [2.05, 4.69) is 10.2 Å². The number of hydrogen-bond donors (Lipinski definition) is 1. The molecule has 0 aliphatic carbocycles. The van der Waals surface area contributed by atoms with Crippen molar-refractivity contribution in [3.63, 3.8) is 0 Å². The fraction of sp³-hybridized carbons (Fsp3) is 0.875. The Bertz CT molecular complexity index is 167. The lowest BCUT2D eigenvalue weighted by molar-refractivity contribution is 0.210. The smallest absolute Gasteiger partial charge is 0.169 e. The minimum Gasteiger partial charge on any atom is -0.362 e. The van der Waals surface area contributed by atoms with E-state index in [4.69, 9.17) is 12.2 Å². The van der Waals surface area contributed by atoms with Crippen molar-refractivity contribution in [1.82, 2.24) is 10.2 Å². The van der Waals surface area contributed by atoms with Crippen molar-refractivity contribution in [3.8, 4) is 0 Å². The summed E-state index contributed by atoms with van der Waals surface area (Å²) in [4.78, 5) is 2.36. The third-order valence-electron chi connectivity index (χ3n) is 2.64. The van der Waals surface area contributed by atoms with E-state index in [1.807, 2.05) is 0 Å². The molecule has 2 aliphatic heterocycles. The lowest BCUT2D eigenvalue weighted by atomic mass is 9.98. The highest BCUT2D eigenvalue weighted by Crippen LogP contribution is 2.21. The number of piperidine rings is 1. The third-order valence-corrected chi connectivity index (χ3v) is 3.02. The maximum absolute atomic E-state index is 5.22. The zero-order valence-electron chi connectivity index (χ0n) is 6.68. The highest BCUT2D eigenvalue weighted by atomic mass is 32.1. The van der Waals surface area contributed by atoms with Crippen molar-refractivity contribution in [2.24, 2.45) is 0 Å². The molecular formula is C8H14N2S. The molecule has 2 heterocycles. The van der Waals surface area contributed by atoms with Gasteiger partial charge >= 0.3 is 0 Å². The van der Waals surface area contributed by atoms with Crippen LogP contribution in [0.2, 0.25) is 0 Å². The second kappa shape index (κ2) is 2.97. The van der Waals surface area contributed by atoms with Crippen LogP contribution in [0.25, 0.3) is 0 Å². The highest BCUT2D eigenvalue weighted by Gasteiger charge is 2.26. The molecule has 1 unspecified atom stereocenters. The van der Waals surface area contributed by atoms with Crippen LogP contribution in [-0.4, -0.2) is 29.1 Å². The molecule has 0 aromatic rings. The molecule has 1 atom stereocenters. The van der Waals surface area contributed by atoms with Gasteiger partial charge in [-0.15, -0.1) is 0 Å². The quantitative estimate of drug-likeness (QED) is 0.548. The molecule has 0 spiro atoms. The maximum Gasteiger partial charge on any atom is 0.169 e. The molecule has 0 saturated carbocycles. The fourth-order valence-electron chi connectivity index (χ4n) is 2.02. The second-order valence-corrected chi connectivity index (χ2v) is 3.75. The zero-order chi connectivity index (χ0) is 7.68. The van der Waals surface area contributed by atoms with Gasteiger partial charge in [0.1, 0.15) is 0 Å². The summed E-state index contributed by atoms with van der Waals surface area (Å²) < 4.78 is 0. The third kappa shape index (κ3) is 1.34. The number of fused-ring (bicyclic) bond motifs is 1. The molecule has 2 saturated heterocycles. The number of nitrogens with zero attached hydrogens (tertiary/aromatic N) is 1. The van der Waals surface area contributed by atoms with Gasteiger partial charge in [-0.25, -0.2) is 0 Å². The first kappa shape index (κ1) is 7.35. The fourth-order valence-corrected chi connectivity index (χ4v) is 2.36. The average molecular weight is 170 g/mol. The minimum atomic E-state index is 0.762. The summed E-state index contributed by atoms with van der Waals surface area (Å²) in [6.45, 7) is 2.26.